The van der Waals surface area contributed by atoms with Gasteiger partial charge in [0.1, 0.15) is 12.2 Å². The second-order valence-electron chi connectivity index (χ2n) is 12.3. The first-order valence-electron chi connectivity index (χ1n) is 13.4. The molecule has 1 aliphatic rings. The van der Waals surface area contributed by atoms with E-state index >= 15 is 0 Å². The molecule has 208 valence electrons. The van der Waals surface area contributed by atoms with Gasteiger partial charge in [0, 0.05) is 43.9 Å². The zero-order chi connectivity index (χ0) is 27.4. The molecule has 2 aromatic heterocycles. The van der Waals surface area contributed by atoms with Crippen LogP contribution in [0.25, 0.3) is 27.6 Å². The molecule has 0 fully saturated rings. The van der Waals surface area contributed by atoms with Crippen molar-refractivity contribution in [2.45, 2.75) is 40.0 Å². The molecule has 0 amide bonds. The summed E-state index contributed by atoms with van der Waals surface area (Å²) in [6, 6.07) is 29.8. The van der Waals surface area contributed by atoms with Gasteiger partial charge in [0.05, 0.1) is 20.1 Å². The molecule has 0 N–H and O–H groups in total. The number of rotatable bonds is 4. The molecule has 0 saturated heterocycles. The summed E-state index contributed by atoms with van der Waals surface area (Å²) in [7, 11) is 2.06. The predicted molar refractivity (Wildman–Crippen MR) is 159 cm³/mol. The van der Waals surface area contributed by atoms with Crippen molar-refractivity contribution in [1.82, 2.24) is 9.55 Å². The number of fused-ring (bicyclic) bond motifs is 3. The predicted octanol–water partition coefficient (Wildman–Crippen LogP) is 7.26. The Kier molecular flexibility index (Phi) is 7.39. The summed E-state index contributed by atoms with van der Waals surface area (Å²) in [6.07, 6.45) is 5.31. The average Bonchev–Trinajstić information content (AvgIpc) is 3.21. The Morgan fingerprint density at radius 3 is 2.48 bits per heavy atom. The molecule has 0 atom stereocenters. The fourth-order valence-corrected chi connectivity index (χ4v) is 5.49. The van der Waals surface area contributed by atoms with Gasteiger partial charge in [-0.2, -0.15) is 18.2 Å². The number of ether oxygens (including phenoxy) is 1. The molecule has 6 heteroatoms. The van der Waals surface area contributed by atoms with Crippen LogP contribution in [0.5, 0.6) is 11.5 Å². The summed E-state index contributed by atoms with van der Waals surface area (Å²) in [5.74, 6) is 2.15. The molecule has 5 aromatic rings. The second kappa shape index (κ2) is 10.5. The zero-order valence-electron chi connectivity index (χ0n) is 23.9. The van der Waals surface area contributed by atoms with Crippen LogP contribution in [0, 0.1) is 17.5 Å². The van der Waals surface area contributed by atoms with Crippen molar-refractivity contribution in [3.8, 4) is 17.3 Å². The Balaban J connectivity index is 0.00000323. The number of benzene rings is 3. The molecule has 0 unspecified atom stereocenters. The summed E-state index contributed by atoms with van der Waals surface area (Å²) in [4.78, 5) is 6.89. The number of para-hydroxylation sites is 1. The van der Waals surface area contributed by atoms with Crippen molar-refractivity contribution in [2.24, 2.45) is 5.41 Å². The standard InChI is InChI=1S/C34H34N4O.Pt/c1-33(2,3)24-16-17-35-32(18-24)38-30-13-8-7-12-28(30)29-15-14-27(20-31(29)38)39-26-11-9-10-25(19-26)37-22-34(4,5)21-36(6)23-37;/h7-18H,21-22H2,1-6H3;/q-2;. The normalized spacial score (nSPS) is 15.2. The molecule has 0 aliphatic carbocycles. The first-order valence-corrected chi connectivity index (χ1v) is 13.4. The Bertz CT molecular complexity index is 1730. The smallest absolute Gasteiger partial charge is 0.135 e. The number of aromatic nitrogens is 2. The Morgan fingerprint density at radius 1 is 0.925 bits per heavy atom. The van der Waals surface area contributed by atoms with Crippen LogP contribution in [0.2, 0.25) is 0 Å². The largest absolute Gasteiger partial charge is 0.511 e. The second-order valence-corrected chi connectivity index (χ2v) is 12.3. The van der Waals surface area contributed by atoms with E-state index in [9.17, 15) is 0 Å². The quantitative estimate of drug-likeness (QED) is 0.146. The molecule has 0 spiro atoms. The van der Waals surface area contributed by atoms with Crippen molar-refractivity contribution in [1.29, 1.82) is 0 Å². The number of pyridine rings is 1. The molecule has 0 bridgehead atoms. The van der Waals surface area contributed by atoms with Crippen molar-refractivity contribution in [3.05, 3.63) is 90.6 Å². The van der Waals surface area contributed by atoms with Crippen LogP contribution in [-0.2, 0) is 26.5 Å². The molecule has 0 saturated carbocycles. The molecular weight excluding hydrogens is 675 g/mol. The number of hydrogen-bond donors (Lipinski definition) is 0. The van der Waals surface area contributed by atoms with E-state index in [0.29, 0.717) is 11.5 Å². The fourth-order valence-electron chi connectivity index (χ4n) is 5.49. The summed E-state index contributed by atoms with van der Waals surface area (Å²) < 4.78 is 10.6. The third kappa shape index (κ3) is 5.45. The maximum Gasteiger partial charge on any atom is 0.135 e. The van der Waals surface area contributed by atoms with E-state index in [-0.39, 0.29) is 31.9 Å². The van der Waals surface area contributed by atoms with Crippen molar-refractivity contribution in [2.75, 3.05) is 25.0 Å². The van der Waals surface area contributed by atoms with Gasteiger partial charge in [0.2, 0.25) is 0 Å². The molecule has 3 heterocycles. The maximum absolute atomic E-state index is 6.35. The summed E-state index contributed by atoms with van der Waals surface area (Å²) in [6.45, 7) is 13.0. The maximum atomic E-state index is 6.35. The first kappa shape index (κ1) is 28.1. The zero-order valence-corrected chi connectivity index (χ0v) is 26.1. The van der Waals surface area contributed by atoms with Gasteiger partial charge >= 0.3 is 0 Å². The van der Waals surface area contributed by atoms with Gasteiger partial charge in [-0.1, -0.05) is 58.3 Å². The van der Waals surface area contributed by atoms with E-state index in [4.69, 9.17) is 9.72 Å². The van der Waals surface area contributed by atoms with Gasteiger partial charge in [-0.3, -0.25) is 0 Å². The van der Waals surface area contributed by atoms with E-state index in [1.54, 1.807) is 0 Å². The average molecular weight is 710 g/mol. The van der Waals surface area contributed by atoms with Gasteiger partial charge in [0.25, 0.3) is 0 Å². The monoisotopic (exact) mass is 709 g/mol. The molecule has 3 aromatic carbocycles. The summed E-state index contributed by atoms with van der Waals surface area (Å²) in [5, 5.41) is 2.27. The van der Waals surface area contributed by atoms with Gasteiger partial charge in [-0.15, -0.1) is 29.3 Å². The van der Waals surface area contributed by atoms with Crippen LogP contribution in [0.3, 0.4) is 0 Å². The van der Waals surface area contributed by atoms with E-state index < -0.39 is 0 Å². The van der Waals surface area contributed by atoms with Crippen LogP contribution in [0.15, 0.2) is 72.9 Å². The molecule has 1 aliphatic heterocycles. The van der Waals surface area contributed by atoms with E-state index in [2.05, 4.69) is 117 Å². The number of nitrogens with zero attached hydrogens (tertiary/aromatic N) is 4. The number of hydrogen-bond acceptors (Lipinski definition) is 3. The van der Waals surface area contributed by atoms with Crippen LogP contribution in [0.4, 0.5) is 5.69 Å². The van der Waals surface area contributed by atoms with E-state index in [0.717, 1.165) is 46.4 Å². The molecule has 40 heavy (non-hydrogen) atoms. The van der Waals surface area contributed by atoms with Gasteiger partial charge < -0.3 is 18.8 Å². The van der Waals surface area contributed by atoms with E-state index in [1.165, 1.54) is 5.56 Å². The van der Waals surface area contributed by atoms with Crippen molar-refractivity contribution >= 4 is 33.8 Å². The first-order chi connectivity index (χ1) is 18.6. The number of anilines is 1. The summed E-state index contributed by atoms with van der Waals surface area (Å²) in [5.41, 5.74) is 4.36. The van der Waals surface area contributed by atoms with Crippen LogP contribution < -0.4 is 9.64 Å². The SMILES string of the molecule is C[N+]1=[C-]N(c2[c-]c(Oc3[c-]c4c(cc3)c3ccccc3n4-c3cc(C(C)(C)C)ccn3)ccc2)CC(C)(C)C1.[Pt]. The topological polar surface area (TPSA) is 33.3 Å². The van der Waals surface area contributed by atoms with Gasteiger partial charge in [-0.05, 0) is 40.3 Å². The van der Waals surface area contributed by atoms with Crippen LogP contribution in [-0.4, -0.2) is 40.6 Å². The Morgan fingerprint density at radius 2 is 1.70 bits per heavy atom. The van der Waals surface area contributed by atoms with Crippen LogP contribution in [0.1, 0.15) is 40.2 Å². The third-order valence-corrected chi connectivity index (χ3v) is 7.20. The van der Waals surface area contributed by atoms with Gasteiger partial charge in [-0.25, -0.2) is 11.1 Å². The fraction of sp³-hybridized carbons (Fsp3) is 0.294. The minimum Gasteiger partial charge on any atom is -0.511 e. The minimum absolute atomic E-state index is 0. The molecule has 6 rings (SSSR count). The molecule has 0 radical (unpaired) electrons. The Hall–Kier alpha value is -3.43. The van der Waals surface area contributed by atoms with E-state index in [1.807, 2.05) is 30.5 Å². The Labute approximate surface area is 251 Å². The van der Waals surface area contributed by atoms with Gasteiger partial charge in [0.15, 0.2) is 0 Å². The summed E-state index contributed by atoms with van der Waals surface area (Å²) >= 11 is 0. The van der Waals surface area contributed by atoms with Crippen molar-refractivity contribution < 1.29 is 30.4 Å². The van der Waals surface area contributed by atoms with Crippen LogP contribution >= 0.6 is 0 Å². The minimum atomic E-state index is 0. The molecule has 5 nitrogen and oxygen atoms in total. The molecular formula is C34H34N4OPt-2. The third-order valence-electron chi connectivity index (χ3n) is 7.20. The van der Waals surface area contributed by atoms with Crippen molar-refractivity contribution in [3.63, 3.8) is 0 Å².